The molecule has 0 aliphatic carbocycles. The van der Waals surface area contributed by atoms with Gasteiger partial charge >= 0.3 is 0 Å². The molecule has 6 heteroatoms. The Kier molecular flexibility index (Phi) is 3.16. The summed E-state index contributed by atoms with van der Waals surface area (Å²) in [5.74, 6) is -0.577. The summed E-state index contributed by atoms with van der Waals surface area (Å²) >= 11 is 0. The Labute approximate surface area is 130 Å². The van der Waals surface area contributed by atoms with Crippen molar-refractivity contribution in [1.82, 2.24) is 0 Å². The Balaban J connectivity index is 1.94. The van der Waals surface area contributed by atoms with Gasteiger partial charge in [-0.2, -0.15) is 0 Å². The van der Waals surface area contributed by atoms with Gasteiger partial charge in [0.15, 0.2) is 5.79 Å². The molecular formula is C16H23N3O3. The standard InChI is InChI=1S/C16H23N3O3/c1-15(2)10-5-11(17)12(18)6-13(10)19(14(15)20)7-9-8-21-16(3,4)22-9/h5-6,9H,7-8,17-18H2,1-4H3. The first-order valence-corrected chi connectivity index (χ1v) is 7.45. The monoisotopic (exact) mass is 305 g/mol. The second-order valence-electron chi connectivity index (χ2n) is 6.99. The molecule has 6 nitrogen and oxygen atoms in total. The molecule has 120 valence electrons. The summed E-state index contributed by atoms with van der Waals surface area (Å²) in [6.45, 7) is 8.46. The van der Waals surface area contributed by atoms with Gasteiger partial charge in [-0.3, -0.25) is 4.79 Å². The van der Waals surface area contributed by atoms with Gasteiger partial charge in [0.1, 0.15) is 6.10 Å². The predicted molar refractivity (Wildman–Crippen MR) is 85.5 cm³/mol. The number of hydrogen-bond acceptors (Lipinski definition) is 5. The quantitative estimate of drug-likeness (QED) is 0.810. The first-order chi connectivity index (χ1) is 10.1. The maximum atomic E-state index is 12.8. The van der Waals surface area contributed by atoms with Crippen molar-refractivity contribution in [3.63, 3.8) is 0 Å². The summed E-state index contributed by atoms with van der Waals surface area (Å²) in [4.78, 5) is 14.5. The molecule has 0 saturated carbocycles. The first kappa shape index (κ1) is 15.1. The highest BCUT2D eigenvalue weighted by molar-refractivity contribution is 6.08. The highest BCUT2D eigenvalue weighted by Crippen LogP contribution is 2.44. The van der Waals surface area contributed by atoms with Crippen LogP contribution in [-0.4, -0.2) is 30.9 Å². The van der Waals surface area contributed by atoms with E-state index < -0.39 is 11.2 Å². The maximum Gasteiger partial charge on any atom is 0.237 e. The van der Waals surface area contributed by atoms with E-state index in [0.717, 1.165) is 11.3 Å². The largest absolute Gasteiger partial charge is 0.397 e. The van der Waals surface area contributed by atoms with Crippen molar-refractivity contribution in [1.29, 1.82) is 0 Å². The third kappa shape index (κ3) is 2.23. The molecule has 22 heavy (non-hydrogen) atoms. The van der Waals surface area contributed by atoms with Crippen LogP contribution in [0.25, 0.3) is 0 Å². The average molecular weight is 305 g/mol. The van der Waals surface area contributed by atoms with E-state index in [0.29, 0.717) is 24.5 Å². The van der Waals surface area contributed by atoms with E-state index in [9.17, 15) is 4.79 Å². The van der Waals surface area contributed by atoms with Gasteiger partial charge in [-0.05, 0) is 45.4 Å². The Bertz CT molecular complexity index is 640. The van der Waals surface area contributed by atoms with Gasteiger partial charge in [0.25, 0.3) is 0 Å². The SMILES string of the molecule is CC1(C)OCC(CN2C(=O)C(C)(C)c3cc(N)c(N)cc32)O1. The van der Waals surface area contributed by atoms with Gasteiger partial charge in [0.2, 0.25) is 5.91 Å². The number of benzene rings is 1. The molecule has 2 aliphatic rings. The van der Waals surface area contributed by atoms with Crippen molar-refractivity contribution in [2.75, 3.05) is 29.5 Å². The normalized spacial score (nSPS) is 25.5. The first-order valence-electron chi connectivity index (χ1n) is 7.45. The van der Waals surface area contributed by atoms with Crippen LogP contribution >= 0.6 is 0 Å². The van der Waals surface area contributed by atoms with Crippen LogP contribution in [0.15, 0.2) is 12.1 Å². The number of nitrogens with zero attached hydrogens (tertiary/aromatic N) is 1. The van der Waals surface area contributed by atoms with Crippen LogP contribution in [0.4, 0.5) is 17.1 Å². The molecule has 1 atom stereocenters. The fourth-order valence-corrected chi connectivity index (χ4v) is 3.14. The molecule has 1 aromatic rings. The third-order valence-corrected chi connectivity index (χ3v) is 4.40. The van der Waals surface area contributed by atoms with Crippen LogP contribution in [-0.2, 0) is 19.7 Å². The van der Waals surface area contributed by atoms with Crippen molar-refractivity contribution in [3.8, 4) is 0 Å². The number of carbonyl (C=O) groups is 1. The minimum Gasteiger partial charge on any atom is -0.397 e. The van der Waals surface area contributed by atoms with Gasteiger partial charge in [-0.25, -0.2) is 0 Å². The second-order valence-corrected chi connectivity index (χ2v) is 6.99. The Hall–Kier alpha value is -1.79. The zero-order valence-corrected chi connectivity index (χ0v) is 13.5. The fourth-order valence-electron chi connectivity index (χ4n) is 3.14. The topological polar surface area (TPSA) is 90.8 Å². The van der Waals surface area contributed by atoms with Crippen molar-refractivity contribution in [2.45, 2.75) is 45.0 Å². The van der Waals surface area contributed by atoms with Gasteiger partial charge in [0, 0.05) is 0 Å². The van der Waals surface area contributed by atoms with Crippen LogP contribution in [0.3, 0.4) is 0 Å². The number of fused-ring (bicyclic) bond motifs is 1. The Morgan fingerprint density at radius 2 is 1.86 bits per heavy atom. The van der Waals surface area contributed by atoms with E-state index in [1.807, 2.05) is 27.7 Å². The minimum absolute atomic E-state index is 0.0285. The van der Waals surface area contributed by atoms with Crippen molar-refractivity contribution >= 4 is 23.0 Å². The lowest BCUT2D eigenvalue weighted by atomic mass is 9.86. The van der Waals surface area contributed by atoms with Gasteiger partial charge in [-0.15, -0.1) is 0 Å². The number of rotatable bonds is 2. The molecule has 0 spiro atoms. The lowest BCUT2D eigenvalue weighted by molar-refractivity contribution is -0.138. The smallest absolute Gasteiger partial charge is 0.237 e. The van der Waals surface area contributed by atoms with E-state index in [-0.39, 0.29) is 12.0 Å². The zero-order chi connectivity index (χ0) is 16.3. The number of hydrogen-bond donors (Lipinski definition) is 2. The van der Waals surface area contributed by atoms with E-state index in [4.69, 9.17) is 20.9 Å². The molecule has 1 amide bonds. The van der Waals surface area contributed by atoms with Gasteiger partial charge in [-0.1, -0.05) is 0 Å². The number of ether oxygens (including phenoxy) is 2. The second kappa shape index (κ2) is 4.60. The van der Waals surface area contributed by atoms with E-state index in [1.165, 1.54) is 0 Å². The average Bonchev–Trinajstić information content (AvgIpc) is 2.84. The van der Waals surface area contributed by atoms with Crippen LogP contribution < -0.4 is 16.4 Å². The molecule has 2 aliphatic heterocycles. The highest BCUT2D eigenvalue weighted by atomic mass is 16.7. The zero-order valence-electron chi connectivity index (χ0n) is 13.5. The minimum atomic E-state index is -0.619. The highest BCUT2D eigenvalue weighted by Gasteiger charge is 2.46. The van der Waals surface area contributed by atoms with Crippen molar-refractivity contribution < 1.29 is 14.3 Å². The molecule has 3 rings (SSSR count). The summed E-state index contributed by atoms with van der Waals surface area (Å²) in [5, 5.41) is 0. The molecule has 1 unspecified atom stereocenters. The maximum absolute atomic E-state index is 12.8. The molecule has 0 radical (unpaired) electrons. The molecule has 4 N–H and O–H groups in total. The molecule has 1 fully saturated rings. The lowest BCUT2D eigenvalue weighted by Gasteiger charge is -2.24. The lowest BCUT2D eigenvalue weighted by Crippen LogP contribution is -2.41. The van der Waals surface area contributed by atoms with Crippen LogP contribution in [0.1, 0.15) is 33.3 Å². The molecule has 2 heterocycles. The summed E-state index contributed by atoms with van der Waals surface area (Å²) in [5.41, 5.74) is 13.9. The molecular weight excluding hydrogens is 282 g/mol. The van der Waals surface area contributed by atoms with Gasteiger partial charge < -0.3 is 25.8 Å². The number of carbonyl (C=O) groups excluding carboxylic acids is 1. The third-order valence-electron chi connectivity index (χ3n) is 4.40. The molecule has 0 bridgehead atoms. The van der Waals surface area contributed by atoms with Crippen LogP contribution in [0.2, 0.25) is 0 Å². The van der Waals surface area contributed by atoms with Crippen LogP contribution in [0, 0.1) is 0 Å². The van der Waals surface area contributed by atoms with E-state index in [1.54, 1.807) is 17.0 Å². The molecule has 1 aromatic carbocycles. The number of nitrogen functional groups attached to an aromatic ring is 2. The van der Waals surface area contributed by atoms with E-state index >= 15 is 0 Å². The Morgan fingerprint density at radius 1 is 1.23 bits per heavy atom. The number of anilines is 3. The summed E-state index contributed by atoms with van der Waals surface area (Å²) in [7, 11) is 0. The summed E-state index contributed by atoms with van der Waals surface area (Å²) in [6.07, 6.45) is -0.153. The summed E-state index contributed by atoms with van der Waals surface area (Å²) in [6, 6.07) is 3.58. The number of nitrogens with two attached hydrogens (primary N) is 2. The summed E-state index contributed by atoms with van der Waals surface area (Å²) < 4.78 is 11.4. The van der Waals surface area contributed by atoms with E-state index in [2.05, 4.69) is 0 Å². The number of amides is 1. The van der Waals surface area contributed by atoms with Crippen molar-refractivity contribution in [3.05, 3.63) is 17.7 Å². The fraction of sp³-hybridized carbons (Fsp3) is 0.562. The van der Waals surface area contributed by atoms with Gasteiger partial charge in [0.05, 0.1) is 35.6 Å². The molecule has 0 aromatic heterocycles. The molecule has 1 saturated heterocycles. The Morgan fingerprint density at radius 3 is 2.45 bits per heavy atom. The predicted octanol–water partition coefficient (Wildman–Crippen LogP) is 1.63. The van der Waals surface area contributed by atoms with Crippen molar-refractivity contribution in [2.24, 2.45) is 0 Å². The van der Waals surface area contributed by atoms with Crippen LogP contribution in [0.5, 0.6) is 0 Å².